The van der Waals surface area contributed by atoms with Crippen molar-refractivity contribution in [1.82, 2.24) is 14.9 Å². The molecule has 1 amide bonds. The van der Waals surface area contributed by atoms with Gasteiger partial charge in [0.25, 0.3) is 0 Å². The zero-order valence-electron chi connectivity index (χ0n) is 12.7. The molecule has 0 saturated carbocycles. The number of likely N-dealkylation sites (tertiary alicyclic amines) is 1. The summed E-state index contributed by atoms with van der Waals surface area (Å²) in [5.74, 6) is 0. The Bertz CT molecular complexity index is 533. The van der Waals surface area contributed by atoms with Gasteiger partial charge in [0.1, 0.15) is 15.2 Å². The largest absolute Gasteiger partial charge is 0.444 e. The molecule has 1 aliphatic rings. The van der Waals surface area contributed by atoms with Crippen LogP contribution in [-0.4, -0.2) is 44.9 Å². The van der Waals surface area contributed by atoms with E-state index in [-0.39, 0.29) is 6.09 Å². The Morgan fingerprint density at radius 3 is 2.86 bits per heavy atom. The van der Waals surface area contributed by atoms with E-state index in [0.29, 0.717) is 11.8 Å². The molecule has 0 radical (unpaired) electrons. The van der Waals surface area contributed by atoms with Crippen LogP contribution in [0.5, 0.6) is 0 Å². The van der Waals surface area contributed by atoms with E-state index in [0.717, 1.165) is 28.3 Å². The Hall–Kier alpha value is -0.820. The van der Waals surface area contributed by atoms with Gasteiger partial charge < -0.3 is 9.64 Å². The predicted octanol–water partition coefficient (Wildman–Crippen LogP) is 3.65. The highest BCUT2D eigenvalue weighted by molar-refractivity contribution is 9.10. The van der Waals surface area contributed by atoms with Gasteiger partial charge in [-0.3, -0.25) is 0 Å². The number of amides is 1. The lowest BCUT2D eigenvalue weighted by molar-refractivity contribution is 0.0295. The summed E-state index contributed by atoms with van der Waals surface area (Å²) in [5.41, 5.74) is 0.459. The summed E-state index contributed by atoms with van der Waals surface area (Å²) in [6.07, 6.45) is 2.42. The van der Waals surface area contributed by atoms with E-state index in [1.54, 1.807) is 22.9 Å². The number of aryl methyl sites for hydroxylation is 1. The molecule has 1 fully saturated rings. The van der Waals surface area contributed by atoms with Crippen molar-refractivity contribution in [3.8, 4) is 0 Å². The first-order chi connectivity index (χ1) is 9.74. The highest BCUT2D eigenvalue weighted by Gasteiger charge is 2.30. The molecule has 1 aromatic heterocycles. The molecular formula is C14H20BrN3O2S. The zero-order valence-corrected chi connectivity index (χ0v) is 15.1. The van der Waals surface area contributed by atoms with E-state index in [9.17, 15) is 4.79 Å². The van der Waals surface area contributed by atoms with Crippen LogP contribution in [0.3, 0.4) is 0 Å². The lowest BCUT2D eigenvalue weighted by atomic mass is 10.2. The molecule has 21 heavy (non-hydrogen) atoms. The minimum atomic E-state index is -0.448. The molecule has 7 heteroatoms. The number of carbonyl (C=O) groups is 1. The summed E-state index contributed by atoms with van der Waals surface area (Å²) in [7, 11) is 0. The van der Waals surface area contributed by atoms with Crippen LogP contribution < -0.4 is 0 Å². The molecular weight excluding hydrogens is 354 g/mol. The van der Waals surface area contributed by atoms with Gasteiger partial charge in [-0.1, -0.05) is 11.8 Å². The average Bonchev–Trinajstić information content (AvgIpc) is 2.79. The molecule has 1 saturated heterocycles. The van der Waals surface area contributed by atoms with Crippen molar-refractivity contribution in [2.75, 3.05) is 13.1 Å². The molecule has 1 unspecified atom stereocenters. The topological polar surface area (TPSA) is 55.3 Å². The molecule has 1 aliphatic heterocycles. The average molecular weight is 374 g/mol. The fourth-order valence-electron chi connectivity index (χ4n) is 2.03. The van der Waals surface area contributed by atoms with Crippen molar-refractivity contribution in [2.24, 2.45) is 0 Å². The van der Waals surface area contributed by atoms with Gasteiger partial charge in [-0.05, 0) is 50.0 Å². The Morgan fingerprint density at radius 2 is 2.24 bits per heavy atom. The summed E-state index contributed by atoms with van der Waals surface area (Å²) < 4.78 is 6.14. The van der Waals surface area contributed by atoms with Gasteiger partial charge >= 0.3 is 6.09 Å². The van der Waals surface area contributed by atoms with Crippen LogP contribution in [0, 0.1) is 6.92 Å². The first-order valence-electron chi connectivity index (χ1n) is 6.88. The van der Waals surface area contributed by atoms with Gasteiger partial charge in [-0.2, -0.15) is 0 Å². The number of rotatable bonds is 2. The zero-order chi connectivity index (χ0) is 15.6. The van der Waals surface area contributed by atoms with Crippen molar-refractivity contribution in [3.63, 3.8) is 0 Å². The molecule has 1 atom stereocenters. The minimum Gasteiger partial charge on any atom is -0.444 e. The number of thioether (sulfide) groups is 1. The van der Waals surface area contributed by atoms with Gasteiger partial charge in [0, 0.05) is 18.3 Å². The summed E-state index contributed by atoms with van der Waals surface area (Å²) in [6.45, 7) is 9.02. The van der Waals surface area contributed by atoms with E-state index in [1.807, 2.05) is 27.7 Å². The molecule has 0 bridgehead atoms. The number of hydrogen-bond donors (Lipinski definition) is 0. The molecule has 2 rings (SSSR count). The number of aromatic nitrogens is 2. The van der Waals surface area contributed by atoms with Crippen molar-refractivity contribution < 1.29 is 9.53 Å². The third-order valence-corrected chi connectivity index (χ3v) is 4.67. The van der Waals surface area contributed by atoms with Gasteiger partial charge in [0.15, 0.2) is 0 Å². The standard InChI is InChI=1S/C14H20BrN3O2S/c1-9-12(16-7-11(15)17-9)21-10-5-6-18(8-10)13(19)20-14(2,3)4/h7,10H,5-6,8H2,1-4H3. The van der Waals surface area contributed by atoms with Gasteiger partial charge in [0.05, 0.1) is 11.9 Å². The third-order valence-electron chi connectivity index (χ3n) is 2.95. The van der Waals surface area contributed by atoms with Crippen LogP contribution in [0.25, 0.3) is 0 Å². The lowest BCUT2D eigenvalue weighted by Crippen LogP contribution is -2.35. The summed E-state index contributed by atoms with van der Waals surface area (Å²) >= 11 is 4.99. The molecule has 2 heterocycles. The van der Waals surface area contributed by atoms with E-state index in [2.05, 4.69) is 25.9 Å². The predicted molar refractivity (Wildman–Crippen MR) is 86.5 cm³/mol. The molecule has 1 aromatic rings. The number of carbonyl (C=O) groups excluding carboxylic acids is 1. The molecule has 116 valence electrons. The second kappa shape index (κ2) is 6.52. The number of ether oxygens (including phenoxy) is 1. The quantitative estimate of drug-likeness (QED) is 0.791. The van der Waals surface area contributed by atoms with Crippen molar-refractivity contribution in [1.29, 1.82) is 0 Å². The first-order valence-corrected chi connectivity index (χ1v) is 8.55. The van der Waals surface area contributed by atoms with Crippen LogP contribution in [0.2, 0.25) is 0 Å². The number of hydrogen-bond acceptors (Lipinski definition) is 5. The highest BCUT2D eigenvalue weighted by Crippen LogP contribution is 2.30. The van der Waals surface area contributed by atoms with Crippen molar-refractivity contribution in [2.45, 2.75) is 50.0 Å². The first kappa shape index (κ1) is 16.5. The van der Waals surface area contributed by atoms with Crippen molar-refractivity contribution >= 4 is 33.8 Å². The molecule has 5 nitrogen and oxygen atoms in total. The fourth-order valence-corrected chi connectivity index (χ4v) is 3.52. The monoisotopic (exact) mass is 373 g/mol. The SMILES string of the molecule is Cc1nc(Br)cnc1SC1CCN(C(=O)OC(C)(C)C)C1. The van der Waals surface area contributed by atoms with Crippen molar-refractivity contribution in [3.05, 3.63) is 16.5 Å². The maximum Gasteiger partial charge on any atom is 0.410 e. The Labute approximate surface area is 138 Å². The minimum absolute atomic E-state index is 0.232. The second-order valence-electron chi connectivity index (χ2n) is 6.04. The molecule has 0 spiro atoms. The Balaban J connectivity index is 1.92. The maximum atomic E-state index is 12.0. The van der Waals surface area contributed by atoms with E-state index in [1.165, 1.54) is 0 Å². The van der Waals surface area contributed by atoms with Gasteiger partial charge in [0.2, 0.25) is 0 Å². The second-order valence-corrected chi connectivity index (χ2v) is 8.14. The summed E-state index contributed by atoms with van der Waals surface area (Å²) in [4.78, 5) is 22.5. The molecule has 0 aliphatic carbocycles. The van der Waals surface area contributed by atoms with Crippen LogP contribution in [0.15, 0.2) is 15.8 Å². The highest BCUT2D eigenvalue weighted by atomic mass is 79.9. The van der Waals surface area contributed by atoms with Crippen LogP contribution >= 0.6 is 27.7 Å². The normalized spacial score (nSPS) is 18.9. The molecule has 0 aromatic carbocycles. The van der Waals surface area contributed by atoms with Gasteiger partial charge in [-0.25, -0.2) is 14.8 Å². The van der Waals surface area contributed by atoms with Gasteiger partial charge in [-0.15, -0.1) is 0 Å². The Kier molecular flexibility index (Phi) is 5.14. The van der Waals surface area contributed by atoms with Crippen LogP contribution in [0.1, 0.15) is 32.9 Å². The fraction of sp³-hybridized carbons (Fsp3) is 0.643. The number of nitrogens with zero attached hydrogens (tertiary/aromatic N) is 3. The smallest absolute Gasteiger partial charge is 0.410 e. The third kappa shape index (κ3) is 4.85. The Morgan fingerprint density at radius 1 is 1.52 bits per heavy atom. The summed E-state index contributed by atoms with van der Waals surface area (Å²) in [5, 5.41) is 1.26. The van der Waals surface area contributed by atoms with E-state index < -0.39 is 5.60 Å². The number of halogens is 1. The summed E-state index contributed by atoms with van der Waals surface area (Å²) in [6, 6.07) is 0. The van der Waals surface area contributed by atoms with Crippen LogP contribution in [0.4, 0.5) is 4.79 Å². The lowest BCUT2D eigenvalue weighted by Gasteiger charge is -2.24. The molecule has 0 N–H and O–H groups in total. The van der Waals surface area contributed by atoms with Crippen LogP contribution in [-0.2, 0) is 4.74 Å². The van der Waals surface area contributed by atoms with E-state index in [4.69, 9.17) is 4.74 Å². The maximum absolute atomic E-state index is 12.0. The van der Waals surface area contributed by atoms with E-state index >= 15 is 0 Å².